The van der Waals surface area contributed by atoms with Crippen LogP contribution in [0, 0.1) is 0 Å². The maximum atomic E-state index is 12.1. The first-order valence-electron chi connectivity index (χ1n) is 8.00. The molecular weight excluding hydrogens is 350 g/mol. The monoisotopic (exact) mass is 367 g/mol. The second-order valence-electron chi connectivity index (χ2n) is 5.46. The molecule has 0 unspecified atom stereocenters. The maximum absolute atomic E-state index is 12.1. The van der Waals surface area contributed by atoms with Gasteiger partial charge in [0.05, 0.1) is 0 Å². The van der Waals surface area contributed by atoms with Crippen LogP contribution in [0.2, 0.25) is 0 Å². The molecule has 0 saturated carbocycles. The van der Waals surface area contributed by atoms with Crippen molar-refractivity contribution in [2.24, 2.45) is 0 Å². The zero-order chi connectivity index (χ0) is 18.4. The average molecular weight is 367 g/mol. The number of aromatic nitrogens is 1. The molecule has 0 spiro atoms. The van der Waals surface area contributed by atoms with E-state index in [2.05, 4.69) is 15.6 Å². The van der Waals surface area contributed by atoms with Gasteiger partial charge in [-0.3, -0.25) is 9.59 Å². The highest BCUT2D eigenvalue weighted by Crippen LogP contribution is 2.23. The Labute approximate surface area is 154 Å². The number of hydrogen-bond donors (Lipinski definition) is 3. The van der Waals surface area contributed by atoms with E-state index >= 15 is 0 Å². The standard InChI is InChI=1S/C19H17N3O3S/c23-15-8-6-13(7-9-15)17(24)20-10-11-21-18(25)16-12-26-19(22-16)14-4-2-1-3-5-14/h1-9,12,23H,10-11H2,(H,20,24)(H,21,25). The minimum absolute atomic E-state index is 0.104. The van der Waals surface area contributed by atoms with Gasteiger partial charge in [0, 0.05) is 29.6 Å². The molecule has 26 heavy (non-hydrogen) atoms. The fourth-order valence-electron chi connectivity index (χ4n) is 2.25. The Bertz CT molecular complexity index is 892. The van der Waals surface area contributed by atoms with E-state index in [1.807, 2.05) is 30.3 Å². The fraction of sp³-hybridized carbons (Fsp3) is 0.105. The van der Waals surface area contributed by atoms with Crippen LogP contribution in [0.5, 0.6) is 5.75 Å². The van der Waals surface area contributed by atoms with Gasteiger partial charge in [-0.15, -0.1) is 11.3 Å². The molecule has 2 aromatic carbocycles. The number of carbonyl (C=O) groups excluding carboxylic acids is 2. The van der Waals surface area contributed by atoms with Gasteiger partial charge in [-0.05, 0) is 24.3 Å². The van der Waals surface area contributed by atoms with Crippen molar-refractivity contribution in [2.75, 3.05) is 13.1 Å². The van der Waals surface area contributed by atoms with E-state index in [0.717, 1.165) is 10.6 Å². The topological polar surface area (TPSA) is 91.3 Å². The van der Waals surface area contributed by atoms with Crippen LogP contribution in [-0.2, 0) is 0 Å². The molecule has 132 valence electrons. The molecule has 0 radical (unpaired) electrons. The van der Waals surface area contributed by atoms with Crippen molar-refractivity contribution < 1.29 is 14.7 Å². The van der Waals surface area contributed by atoms with E-state index in [1.54, 1.807) is 5.38 Å². The third-order valence-electron chi connectivity index (χ3n) is 3.58. The lowest BCUT2D eigenvalue weighted by Crippen LogP contribution is -2.34. The van der Waals surface area contributed by atoms with Crippen LogP contribution in [0.1, 0.15) is 20.8 Å². The molecule has 2 amide bonds. The van der Waals surface area contributed by atoms with Crippen LogP contribution in [-0.4, -0.2) is 35.0 Å². The summed E-state index contributed by atoms with van der Waals surface area (Å²) < 4.78 is 0. The Morgan fingerprint density at radius 2 is 1.58 bits per heavy atom. The van der Waals surface area contributed by atoms with Crippen LogP contribution in [0.4, 0.5) is 0 Å². The molecule has 3 rings (SSSR count). The van der Waals surface area contributed by atoms with E-state index in [0.29, 0.717) is 24.3 Å². The number of hydrogen-bond acceptors (Lipinski definition) is 5. The smallest absolute Gasteiger partial charge is 0.270 e. The number of phenolic OH excluding ortho intramolecular Hbond substituents is 1. The molecule has 0 fully saturated rings. The Morgan fingerprint density at radius 1 is 0.923 bits per heavy atom. The Hall–Kier alpha value is -3.19. The molecule has 1 aromatic heterocycles. The SMILES string of the molecule is O=C(NCCNC(=O)c1csc(-c2ccccc2)n1)c1ccc(O)cc1. The van der Waals surface area contributed by atoms with Crippen LogP contribution < -0.4 is 10.6 Å². The number of nitrogens with zero attached hydrogens (tertiary/aromatic N) is 1. The molecule has 3 aromatic rings. The van der Waals surface area contributed by atoms with Crippen LogP contribution >= 0.6 is 11.3 Å². The number of aromatic hydroxyl groups is 1. The van der Waals surface area contributed by atoms with Gasteiger partial charge in [0.1, 0.15) is 16.5 Å². The summed E-state index contributed by atoms with van der Waals surface area (Å²) in [4.78, 5) is 28.4. The number of thiazole rings is 1. The van der Waals surface area contributed by atoms with Crippen LogP contribution in [0.25, 0.3) is 10.6 Å². The maximum Gasteiger partial charge on any atom is 0.270 e. The Balaban J connectivity index is 1.46. The Kier molecular flexibility index (Phi) is 5.60. The zero-order valence-electron chi connectivity index (χ0n) is 13.8. The third kappa shape index (κ3) is 4.46. The summed E-state index contributed by atoms with van der Waals surface area (Å²) >= 11 is 1.41. The first kappa shape index (κ1) is 17.6. The lowest BCUT2D eigenvalue weighted by Gasteiger charge is -2.06. The van der Waals surface area contributed by atoms with E-state index in [9.17, 15) is 14.7 Å². The predicted molar refractivity (Wildman–Crippen MR) is 100 cm³/mol. The number of benzene rings is 2. The number of rotatable bonds is 6. The molecule has 7 heteroatoms. The van der Waals surface area contributed by atoms with Gasteiger partial charge in [-0.2, -0.15) is 0 Å². The van der Waals surface area contributed by atoms with Gasteiger partial charge in [0.25, 0.3) is 11.8 Å². The number of amides is 2. The second kappa shape index (κ2) is 8.26. The van der Waals surface area contributed by atoms with Gasteiger partial charge in [-0.25, -0.2) is 4.98 Å². The average Bonchev–Trinajstić information content (AvgIpc) is 3.16. The molecule has 6 nitrogen and oxygen atoms in total. The number of carbonyl (C=O) groups is 2. The molecule has 0 aliphatic heterocycles. The normalized spacial score (nSPS) is 10.3. The van der Waals surface area contributed by atoms with E-state index in [-0.39, 0.29) is 17.6 Å². The van der Waals surface area contributed by atoms with Gasteiger partial charge >= 0.3 is 0 Å². The first-order valence-corrected chi connectivity index (χ1v) is 8.88. The van der Waals surface area contributed by atoms with Crippen molar-refractivity contribution in [2.45, 2.75) is 0 Å². The fourth-order valence-corrected chi connectivity index (χ4v) is 3.06. The number of nitrogens with one attached hydrogen (secondary N) is 2. The summed E-state index contributed by atoms with van der Waals surface area (Å²) in [6.45, 7) is 0.585. The summed E-state index contributed by atoms with van der Waals surface area (Å²) in [6, 6.07) is 15.6. The third-order valence-corrected chi connectivity index (χ3v) is 4.47. The predicted octanol–water partition coefficient (Wildman–Crippen LogP) is 2.68. The van der Waals surface area contributed by atoms with Crippen LogP contribution in [0.15, 0.2) is 60.0 Å². The van der Waals surface area contributed by atoms with Gasteiger partial charge in [0.2, 0.25) is 0 Å². The highest BCUT2D eigenvalue weighted by atomic mass is 32.1. The lowest BCUT2D eigenvalue weighted by molar-refractivity contribution is 0.0925. The molecule has 0 saturated heterocycles. The summed E-state index contributed by atoms with van der Waals surface area (Å²) in [7, 11) is 0. The minimum Gasteiger partial charge on any atom is -0.508 e. The molecule has 1 heterocycles. The zero-order valence-corrected chi connectivity index (χ0v) is 14.6. The second-order valence-corrected chi connectivity index (χ2v) is 6.32. The van der Waals surface area contributed by atoms with Crippen LogP contribution in [0.3, 0.4) is 0 Å². The summed E-state index contributed by atoms with van der Waals surface area (Å²) in [5.74, 6) is -0.437. The highest BCUT2D eigenvalue weighted by molar-refractivity contribution is 7.13. The molecule has 0 atom stereocenters. The van der Waals surface area contributed by atoms with Gasteiger partial charge < -0.3 is 15.7 Å². The highest BCUT2D eigenvalue weighted by Gasteiger charge is 2.11. The van der Waals surface area contributed by atoms with Crippen molar-refractivity contribution in [1.82, 2.24) is 15.6 Å². The quantitative estimate of drug-likeness (QED) is 0.584. The van der Waals surface area contributed by atoms with E-state index in [1.165, 1.54) is 35.6 Å². The summed E-state index contributed by atoms with van der Waals surface area (Å²) in [5, 5.41) is 17.1. The molecule has 0 bridgehead atoms. The molecule has 0 aliphatic carbocycles. The van der Waals surface area contributed by atoms with Crippen molar-refractivity contribution in [3.63, 3.8) is 0 Å². The largest absolute Gasteiger partial charge is 0.508 e. The lowest BCUT2D eigenvalue weighted by atomic mass is 10.2. The summed E-state index contributed by atoms with van der Waals surface area (Å²) in [6.07, 6.45) is 0. The first-order chi connectivity index (χ1) is 12.6. The van der Waals surface area contributed by atoms with E-state index < -0.39 is 0 Å². The van der Waals surface area contributed by atoms with Crippen molar-refractivity contribution in [3.05, 3.63) is 71.2 Å². The van der Waals surface area contributed by atoms with Crippen molar-refractivity contribution >= 4 is 23.2 Å². The Morgan fingerprint density at radius 3 is 2.27 bits per heavy atom. The van der Waals surface area contributed by atoms with Gasteiger partial charge in [0.15, 0.2) is 0 Å². The van der Waals surface area contributed by atoms with Crippen molar-refractivity contribution in [1.29, 1.82) is 0 Å². The molecular formula is C19H17N3O3S. The van der Waals surface area contributed by atoms with Crippen molar-refractivity contribution in [3.8, 4) is 16.3 Å². The summed E-state index contributed by atoms with van der Waals surface area (Å²) in [5.41, 5.74) is 1.78. The van der Waals surface area contributed by atoms with Gasteiger partial charge in [-0.1, -0.05) is 30.3 Å². The molecule has 0 aliphatic rings. The number of phenols is 1. The minimum atomic E-state index is -0.276. The van der Waals surface area contributed by atoms with E-state index in [4.69, 9.17) is 0 Å². The molecule has 3 N–H and O–H groups in total.